The quantitative estimate of drug-likeness (QED) is 0.813. The van der Waals surface area contributed by atoms with Gasteiger partial charge in [-0.15, -0.1) is 0 Å². The lowest BCUT2D eigenvalue weighted by molar-refractivity contribution is 0.375. The van der Waals surface area contributed by atoms with Gasteiger partial charge in [-0.2, -0.15) is 4.31 Å². The summed E-state index contributed by atoms with van der Waals surface area (Å²) in [6.45, 7) is 2.05. The zero-order valence-electron chi connectivity index (χ0n) is 11.2. The van der Waals surface area contributed by atoms with Gasteiger partial charge in [0.15, 0.2) is 0 Å². The maximum Gasteiger partial charge on any atom is 0.244 e. The Morgan fingerprint density at radius 3 is 2.71 bits per heavy atom. The molecule has 0 atom stereocenters. The largest absolute Gasteiger partial charge is 0.468 e. The number of furan rings is 1. The third-order valence-electron chi connectivity index (χ3n) is 2.93. The van der Waals surface area contributed by atoms with Crippen LogP contribution < -0.4 is 5.73 Å². The van der Waals surface area contributed by atoms with Gasteiger partial charge in [0.05, 0.1) is 23.4 Å². The summed E-state index contributed by atoms with van der Waals surface area (Å²) in [6, 6.07) is 5.52. The van der Waals surface area contributed by atoms with Crippen LogP contribution in [0, 0.1) is 5.82 Å². The van der Waals surface area contributed by atoms with Crippen molar-refractivity contribution in [1.82, 2.24) is 4.31 Å². The lowest BCUT2D eigenvalue weighted by Crippen LogP contribution is -2.30. The fraction of sp³-hybridized carbons (Fsp3) is 0.231. The molecule has 0 aliphatic rings. The van der Waals surface area contributed by atoms with E-state index in [1.165, 1.54) is 10.6 Å². The van der Waals surface area contributed by atoms with Crippen LogP contribution in [-0.4, -0.2) is 19.3 Å². The molecule has 1 aromatic heterocycles. The lowest BCUT2D eigenvalue weighted by atomic mass is 10.3. The van der Waals surface area contributed by atoms with Gasteiger partial charge < -0.3 is 10.2 Å². The molecule has 2 N–H and O–H groups in total. The highest BCUT2D eigenvalue weighted by molar-refractivity contribution is 9.10. The Kier molecular flexibility index (Phi) is 4.70. The summed E-state index contributed by atoms with van der Waals surface area (Å²) < 4.78 is 45.2. The highest BCUT2D eigenvalue weighted by Gasteiger charge is 2.27. The fourth-order valence-corrected chi connectivity index (χ4v) is 4.25. The average molecular weight is 377 g/mol. The maximum atomic E-state index is 13.4. The van der Waals surface area contributed by atoms with Crippen LogP contribution in [0.15, 0.2) is 44.3 Å². The van der Waals surface area contributed by atoms with E-state index in [1.807, 2.05) is 0 Å². The molecule has 0 fully saturated rings. The predicted molar refractivity (Wildman–Crippen MR) is 80.5 cm³/mol. The third-order valence-corrected chi connectivity index (χ3v) is 5.81. The Bertz CT molecular complexity index is 732. The van der Waals surface area contributed by atoms with Gasteiger partial charge in [-0.3, -0.25) is 0 Å². The minimum Gasteiger partial charge on any atom is -0.468 e. The first-order valence-corrected chi connectivity index (χ1v) is 8.36. The molecule has 0 radical (unpaired) electrons. The summed E-state index contributed by atoms with van der Waals surface area (Å²) in [6.07, 6.45) is 1.47. The number of hydrogen-bond donors (Lipinski definition) is 1. The molecule has 0 bridgehead atoms. The van der Waals surface area contributed by atoms with E-state index in [4.69, 9.17) is 10.2 Å². The van der Waals surface area contributed by atoms with Crippen molar-refractivity contribution in [2.45, 2.75) is 18.4 Å². The Hall–Kier alpha value is -1.38. The minimum atomic E-state index is -3.82. The molecular weight excluding hydrogens is 363 g/mol. The van der Waals surface area contributed by atoms with E-state index in [-0.39, 0.29) is 28.1 Å². The zero-order chi connectivity index (χ0) is 15.6. The number of hydrogen-bond acceptors (Lipinski definition) is 4. The Labute approximate surface area is 130 Å². The number of halogens is 2. The van der Waals surface area contributed by atoms with Crippen molar-refractivity contribution in [2.75, 3.05) is 12.3 Å². The molecular formula is C13H14BrFN2O3S. The van der Waals surface area contributed by atoms with Gasteiger partial charge in [-0.25, -0.2) is 12.8 Å². The molecule has 0 spiro atoms. The minimum absolute atomic E-state index is 0.0743. The van der Waals surface area contributed by atoms with E-state index >= 15 is 0 Å². The van der Waals surface area contributed by atoms with Crippen LogP contribution in [-0.2, 0) is 16.6 Å². The van der Waals surface area contributed by atoms with E-state index in [2.05, 4.69) is 15.9 Å². The van der Waals surface area contributed by atoms with Crippen LogP contribution in [0.5, 0.6) is 0 Å². The van der Waals surface area contributed by atoms with Crippen molar-refractivity contribution in [3.05, 3.63) is 46.6 Å². The van der Waals surface area contributed by atoms with Crippen molar-refractivity contribution in [3.8, 4) is 0 Å². The van der Waals surface area contributed by atoms with Crippen molar-refractivity contribution in [2.24, 2.45) is 0 Å². The Morgan fingerprint density at radius 2 is 2.14 bits per heavy atom. The normalized spacial score (nSPS) is 12.0. The van der Waals surface area contributed by atoms with Gasteiger partial charge in [-0.1, -0.05) is 6.92 Å². The molecule has 114 valence electrons. The average Bonchev–Trinajstić information content (AvgIpc) is 2.92. The molecule has 21 heavy (non-hydrogen) atoms. The highest BCUT2D eigenvalue weighted by Crippen LogP contribution is 2.29. The zero-order valence-corrected chi connectivity index (χ0v) is 13.6. The monoisotopic (exact) mass is 376 g/mol. The smallest absolute Gasteiger partial charge is 0.244 e. The van der Waals surface area contributed by atoms with Crippen LogP contribution in [0.1, 0.15) is 12.7 Å². The molecule has 0 aliphatic carbocycles. The molecule has 5 nitrogen and oxygen atoms in total. The maximum absolute atomic E-state index is 13.4. The first-order valence-electron chi connectivity index (χ1n) is 6.13. The van der Waals surface area contributed by atoms with E-state index in [1.54, 1.807) is 19.1 Å². The molecule has 1 aromatic carbocycles. The highest BCUT2D eigenvalue weighted by atomic mass is 79.9. The number of nitrogens with two attached hydrogens (primary N) is 1. The number of anilines is 1. The van der Waals surface area contributed by atoms with Gasteiger partial charge >= 0.3 is 0 Å². The van der Waals surface area contributed by atoms with Crippen LogP contribution in [0.25, 0.3) is 0 Å². The predicted octanol–water partition coefficient (Wildman–Crippen LogP) is 2.97. The molecule has 0 unspecified atom stereocenters. The van der Waals surface area contributed by atoms with Crippen LogP contribution in [0.3, 0.4) is 0 Å². The number of benzene rings is 1. The molecule has 0 amide bonds. The summed E-state index contributed by atoms with van der Waals surface area (Å²) in [5.74, 6) is -0.151. The van der Waals surface area contributed by atoms with Gasteiger partial charge in [0.2, 0.25) is 10.0 Å². The fourth-order valence-electron chi connectivity index (χ4n) is 1.82. The molecule has 1 heterocycles. The van der Waals surface area contributed by atoms with Gasteiger partial charge in [0.25, 0.3) is 0 Å². The second kappa shape index (κ2) is 6.17. The summed E-state index contributed by atoms with van der Waals surface area (Å²) in [5, 5.41) is 0. The molecule has 0 aliphatic heterocycles. The van der Waals surface area contributed by atoms with E-state index in [9.17, 15) is 12.8 Å². The van der Waals surface area contributed by atoms with Gasteiger partial charge in [0, 0.05) is 11.0 Å². The molecule has 0 saturated carbocycles. The van der Waals surface area contributed by atoms with E-state index in [0.717, 1.165) is 12.1 Å². The van der Waals surface area contributed by atoms with E-state index < -0.39 is 15.8 Å². The Morgan fingerprint density at radius 1 is 1.43 bits per heavy atom. The molecule has 2 aromatic rings. The number of nitrogen functional groups attached to an aromatic ring is 1. The third kappa shape index (κ3) is 3.28. The SMILES string of the molecule is CCN(Cc1ccco1)S(=O)(=O)c1cc(N)c(F)cc1Br. The molecule has 8 heteroatoms. The molecule has 2 rings (SSSR count). The summed E-state index contributed by atoms with van der Waals surface area (Å²) >= 11 is 3.07. The first kappa shape index (κ1) is 16.0. The number of nitrogens with zero attached hydrogens (tertiary/aromatic N) is 1. The molecule has 0 saturated heterocycles. The number of sulfonamides is 1. The van der Waals surface area contributed by atoms with Crippen molar-refractivity contribution >= 4 is 31.6 Å². The lowest BCUT2D eigenvalue weighted by Gasteiger charge is -2.20. The first-order chi connectivity index (χ1) is 9.86. The Balaban J connectivity index is 2.42. The second-order valence-electron chi connectivity index (χ2n) is 4.31. The summed E-state index contributed by atoms with van der Waals surface area (Å²) in [4.78, 5) is -0.0743. The van der Waals surface area contributed by atoms with Crippen LogP contribution in [0.4, 0.5) is 10.1 Å². The van der Waals surface area contributed by atoms with Crippen molar-refractivity contribution in [1.29, 1.82) is 0 Å². The summed E-state index contributed by atoms with van der Waals surface area (Å²) in [7, 11) is -3.82. The standard InChI is InChI=1S/C13H14BrFN2O3S/c1-2-17(8-9-4-3-5-20-9)21(18,19)13-7-12(16)11(15)6-10(13)14/h3-7H,2,8,16H2,1H3. The van der Waals surface area contributed by atoms with Crippen molar-refractivity contribution < 1.29 is 17.2 Å². The van der Waals surface area contributed by atoms with Crippen LogP contribution >= 0.6 is 15.9 Å². The van der Waals surface area contributed by atoms with Crippen LogP contribution in [0.2, 0.25) is 0 Å². The topological polar surface area (TPSA) is 76.5 Å². The van der Waals surface area contributed by atoms with E-state index in [0.29, 0.717) is 5.76 Å². The second-order valence-corrected chi connectivity index (χ2v) is 7.08. The van der Waals surface area contributed by atoms with Gasteiger partial charge in [-0.05, 0) is 40.2 Å². The number of rotatable bonds is 5. The summed E-state index contributed by atoms with van der Waals surface area (Å²) in [5.41, 5.74) is 5.25. The van der Waals surface area contributed by atoms with Crippen molar-refractivity contribution in [3.63, 3.8) is 0 Å². The van der Waals surface area contributed by atoms with Gasteiger partial charge in [0.1, 0.15) is 11.6 Å².